The van der Waals surface area contributed by atoms with Gasteiger partial charge in [0, 0.05) is 20.1 Å². The van der Waals surface area contributed by atoms with Crippen molar-refractivity contribution in [1.29, 1.82) is 0 Å². The minimum absolute atomic E-state index is 0.0485. The Balaban J connectivity index is 2.63. The maximum Gasteiger partial charge on any atom is 0.306 e. The van der Waals surface area contributed by atoms with Crippen molar-refractivity contribution in [3.8, 4) is 0 Å². The van der Waals surface area contributed by atoms with Crippen LogP contribution >= 0.6 is 0 Å². The van der Waals surface area contributed by atoms with Crippen LogP contribution in [0.25, 0.3) is 0 Å². The number of halogens is 2. The molecule has 1 saturated heterocycles. The molecule has 0 amide bonds. The second kappa shape index (κ2) is 5.89. The number of piperidine rings is 1. The zero-order valence-corrected chi connectivity index (χ0v) is 10.7. The smallest absolute Gasteiger partial charge is 0.306 e. The van der Waals surface area contributed by atoms with Gasteiger partial charge in [0.25, 0.3) is 16.6 Å². The zero-order valence-electron chi connectivity index (χ0n) is 9.92. The molecule has 1 heterocycles. The highest BCUT2D eigenvalue weighted by molar-refractivity contribution is 7.86. The summed E-state index contributed by atoms with van der Waals surface area (Å²) in [6.07, 6.45) is -2.32. The third kappa shape index (κ3) is 3.59. The Morgan fingerprint density at radius 3 is 2.33 bits per heavy atom. The van der Waals surface area contributed by atoms with Crippen molar-refractivity contribution in [3.63, 3.8) is 0 Å². The fourth-order valence-electron chi connectivity index (χ4n) is 1.82. The van der Waals surface area contributed by atoms with Gasteiger partial charge in [0.1, 0.15) is 0 Å². The molecule has 0 atom stereocenters. The van der Waals surface area contributed by atoms with E-state index in [1.54, 1.807) is 0 Å². The first-order valence-corrected chi connectivity index (χ1v) is 6.87. The van der Waals surface area contributed by atoms with Crippen molar-refractivity contribution in [2.45, 2.75) is 19.3 Å². The van der Waals surface area contributed by atoms with E-state index in [1.165, 1.54) is 0 Å². The fourth-order valence-corrected chi connectivity index (χ4v) is 3.19. The lowest BCUT2D eigenvalue weighted by Crippen LogP contribution is -2.47. The van der Waals surface area contributed by atoms with Gasteiger partial charge in [-0.1, -0.05) is 0 Å². The molecule has 0 bridgehead atoms. The van der Waals surface area contributed by atoms with Gasteiger partial charge in [-0.2, -0.15) is 17.0 Å². The lowest BCUT2D eigenvalue weighted by molar-refractivity contribution is -0.142. The molecule has 0 radical (unpaired) electrons. The van der Waals surface area contributed by atoms with Crippen LogP contribution in [0.4, 0.5) is 8.78 Å². The quantitative estimate of drug-likeness (QED) is 0.784. The van der Waals surface area contributed by atoms with Crippen molar-refractivity contribution < 1.29 is 27.1 Å². The van der Waals surface area contributed by atoms with E-state index >= 15 is 0 Å². The topological polar surface area (TPSA) is 77.9 Å². The zero-order chi connectivity index (χ0) is 13.9. The second-order valence-electron chi connectivity index (χ2n) is 4.19. The predicted octanol–water partition coefficient (Wildman–Crippen LogP) is 0.225. The summed E-state index contributed by atoms with van der Waals surface area (Å²) in [6.45, 7) is -0.763. The van der Waals surface area contributed by atoms with Gasteiger partial charge in [-0.15, -0.1) is 0 Å². The molecule has 1 fully saturated rings. The molecule has 0 aliphatic carbocycles. The van der Waals surface area contributed by atoms with Crippen LogP contribution in [0, 0.1) is 5.92 Å². The van der Waals surface area contributed by atoms with E-state index in [9.17, 15) is 22.0 Å². The van der Waals surface area contributed by atoms with Gasteiger partial charge in [-0.25, -0.2) is 8.78 Å². The summed E-state index contributed by atoms with van der Waals surface area (Å²) in [5.74, 6) is -1.51. The maximum atomic E-state index is 12.1. The van der Waals surface area contributed by atoms with Crippen LogP contribution in [0.1, 0.15) is 12.8 Å². The van der Waals surface area contributed by atoms with Crippen LogP contribution in [-0.2, 0) is 15.0 Å². The molecule has 0 aromatic heterocycles. The molecular weight excluding hydrogens is 270 g/mol. The Labute approximate surface area is 104 Å². The van der Waals surface area contributed by atoms with Gasteiger partial charge < -0.3 is 5.11 Å². The molecule has 1 aliphatic rings. The van der Waals surface area contributed by atoms with Gasteiger partial charge in [-0.05, 0) is 12.8 Å². The number of nitrogens with zero attached hydrogens (tertiary/aromatic N) is 2. The summed E-state index contributed by atoms with van der Waals surface area (Å²) in [7, 11) is -2.82. The Morgan fingerprint density at radius 2 is 1.94 bits per heavy atom. The second-order valence-corrected chi connectivity index (χ2v) is 6.23. The fraction of sp³-hybridized carbons (Fsp3) is 0.889. The number of aliphatic carboxylic acids is 1. The average molecular weight is 286 g/mol. The molecule has 106 valence electrons. The molecule has 1 N–H and O–H groups in total. The number of rotatable bonds is 5. The molecule has 18 heavy (non-hydrogen) atoms. The van der Waals surface area contributed by atoms with Gasteiger partial charge >= 0.3 is 5.97 Å². The molecule has 0 saturated carbocycles. The number of alkyl halides is 2. The van der Waals surface area contributed by atoms with E-state index in [0.29, 0.717) is 4.31 Å². The molecular formula is C9H16F2N2O4S. The minimum atomic E-state index is -3.91. The number of carboxylic acids is 1. The lowest BCUT2D eigenvalue weighted by Gasteiger charge is -2.32. The van der Waals surface area contributed by atoms with Gasteiger partial charge in [0.2, 0.25) is 0 Å². The first-order chi connectivity index (χ1) is 8.25. The highest BCUT2D eigenvalue weighted by Gasteiger charge is 2.34. The lowest BCUT2D eigenvalue weighted by atomic mass is 9.99. The summed E-state index contributed by atoms with van der Waals surface area (Å²) in [5, 5.41) is 8.78. The molecule has 0 aromatic carbocycles. The summed E-state index contributed by atoms with van der Waals surface area (Å²) in [5.41, 5.74) is 0. The van der Waals surface area contributed by atoms with Crippen LogP contribution in [0.15, 0.2) is 0 Å². The summed E-state index contributed by atoms with van der Waals surface area (Å²) in [6, 6.07) is 0. The Kier molecular flexibility index (Phi) is 5.00. The predicted molar refractivity (Wildman–Crippen MR) is 59.5 cm³/mol. The van der Waals surface area contributed by atoms with Crippen LogP contribution in [0.5, 0.6) is 0 Å². The molecule has 0 aromatic rings. The first-order valence-electron chi connectivity index (χ1n) is 5.47. The third-order valence-electron chi connectivity index (χ3n) is 2.92. The highest BCUT2D eigenvalue weighted by Crippen LogP contribution is 2.21. The normalized spacial score (nSPS) is 19.6. The maximum absolute atomic E-state index is 12.1. The Morgan fingerprint density at radius 1 is 1.44 bits per heavy atom. The van der Waals surface area contributed by atoms with Crippen LogP contribution in [0.2, 0.25) is 0 Å². The van der Waals surface area contributed by atoms with Crippen LogP contribution in [-0.4, -0.2) is 61.2 Å². The van der Waals surface area contributed by atoms with E-state index in [4.69, 9.17) is 5.11 Å². The number of hydrogen-bond acceptors (Lipinski definition) is 3. The van der Waals surface area contributed by atoms with Crippen molar-refractivity contribution in [2.75, 3.05) is 26.7 Å². The molecule has 9 heteroatoms. The van der Waals surface area contributed by atoms with Crippen LogP contribution in [0.3, 0.4) is 0 Å². The molecule has 1 aliphatic heterocycles. The third-order valence-corrected chi connectivity index (χ3v) is 4.87. The van der Waals surface area contributed by atoms with Crippen LogP contribution < -0.4 is 0 Å². The first kappa shape index (κ1) is 15.3. The Bertz CT molecular complexity index is 393. The molecule has 1 rings (SSSR count). The van der Waals surface area contributed by atoms with E-state index < -0.39 is 35.1 Å². The molecule has 6 nitrogen and oxygen atoms in total. The molecule has 0 spiro atoms. The standard InChI is InChI=1S/C9H16F2N2O4S/c1-12(6-8(10)11)18(16,17)13-4-2-7(3-5-13)9(14)15/h7-8H,2-6H2,1H3,(H,14,15). The minimum Gasteiger partial charge on any atom is -0.481 e. The number of hydrogen-bond donors (Lipinski definition) is 1. The van der Waals surface area contributed by atoms with Crippen molar-refractivity contribution >= 4 is 16.2 Å². The summed E-state index contributed by atoms with van der Waals surface area (Å²) in [4.78, 5) is 10.7. The van der Waals surface area contributed by atoms with E-state index in [-0.39, 0.29) is 25.9 Å². The van der Waals surface area contributed by atoms with E-state index in [1.807, 2.05) is 0 Å². The van der Waals surface area contributed by atoms with E-state index in [2.05, 4.69) is 0 Å². The summed E-state index contributed by atoms with van der Waals surface area (Å²) < 4.78 is 49.7. The average Bonchev–Trinajstić information content (AvgIpc) is 2.28. The van der Waals surface area contributed by atoms with Gasteiger partial charge in [0.05, 0.1) is 12.5 Å². The Hall–Kier alpha value is -0.800. The SMILES string of the molecule is CN(CC(F)F)S(=O)(=O)N1CCC(C(=O)O)CC1. The van der Waals surface area contributed by atoms with Crippen molar-refractivity contribution in [2.24, 2.45) is 5.92 Å². The van der Waals surface area contributed by atoms with E-state index in [0.717, 1.165) is 11.4 Å². The number of carbonyl (C=O) groups is 1. The van der Waals surface area contributed by atoms with Gasteiger partial charge in [-0.3, -0.25) is 4.79 Å². The summed E-state index contributed by atoms with van der Waals surface area (Å²) >= 11 is 0. The molecule has 0 unspecified atom stereocenters. The largest absolute Gasteiger partial charge is 0.481 e. The van der Waals surface area contributed by atoms with Gasteiger partial charge in [0.15, 0.2) is 0 Å². The monoisotopic (exact) mass is 286 g/mol. The van der Waals surface area contributed by atoms with Crippen molar-refractivity contribution in [3.05, 3.63) is 0 Å². The van der Waals surface area contributed by atoms with Crippen molar-refractivity contribution in [1.82, 2.24) is 8.61 Å². The highest BCUT2D eigenvalue weighted by atomic mass is 32.2. The number of carboxylic acid groups (broad SMARTS) is 1.